The lowest BCUT2D eigenvalue weighted by molar-refractivity contribution is -0.645. The van der Waals surface area contributed by atoms with Gasteiger partial charge in [-0.25, -0.2) is 15.0 Å². The molecule has 0 unspecified atom stereocenters. The molecule has 0 bridgehead atoms. The van der Waals surface area contributed by atoms with Gasteiger partial charge in [0.1, 0.15) is 7.05 Å². The maximum absolute atomic E-state index is 5.80. The molecule has 2 aromatic heterocycles. The number of rotatable bonds is 5. The number of benzene rings is 6. The van der Waals surface area contributed by atoms with Crippen LogP contribution >= 0.6 is 0 Å². The number of pyridine rings is 1. The van der Waals surface area contributed by atoms with E-state index in [1.807, 2.05) is 60.7 Å². The molecule has 2 heterocycles. The lowest BCUT2D eigenvalue weighted by Crippen LogP contribution is -2.28. The van der Waals surface area contributed by atoms with Crippen LogP contribution in [0.1, 0.15) is 0 Å². The second-order valence-electron chi connectivity index (χ2n) is 11.1. The quantitative estimate of drug-likeness (QED) is 0.151. The first-order chi connectivity index (χ1) is 22.2. The van der Waals surface area contributed by atoms with Crippen molar-refractivity contribution >= 4 is 32.4 Å². The molecule has 0 saturated carbocycles. The first-order valence-corrected chi connectivity index (χ1v) is 15.0. The van der Waals surface area contributed by atoms with Crippen LogP contribution in [0, 0.1) is 0 Å². The number of aryl methyl sites for hydroxylation is 1. The van der Waals surface area contributed by atoms with Crippen molar-refractivity contribution in [2.24, 2.45) is 7.05 Å². The number of fused-ring (bicyclic) bond motifs is 3. The van der Waals surface area contributed by atoms with Gasteiger partial charge in [-0.2, -0.15) is 4.57 Å². The van der Waals surface area contributed by atoms with E-state index in [0.717, 1.165) is 60.5 Å². The van der Waals surface area contributed by atoms with Crippen molar-refractivity contribution in [3.63, 3.8) is 0 Å². The van der Waals surface area contributed by atoms with Gasteiger partial charge in [-0.15, -0.1) is 0 Å². The van der Waals surface area contributed by atoms with Crippen molar-refractivity contribution in [2.45, 2.75) is 0 Å². The summed E-state index contributed by atoms with van der Waals surface area (Å²) in [7, 11) is 3.78. The molecule has 8 aromatic rings. The fourth-order valence-electron chi connectivity index (χ4n) is 6.43. The van der Waals surface area contributed by atoms with E-state index in [0.29, 0.717) is 17.5 Å². The highest BCUT2D eigenvalue weighted by atomic mass is 16.5. The zero-order chi connectivity index (χ0) is 30.3. The highest BCUT2D eigenvalue weighted by molar-refractivity contribution is 6.23. The van der Waals surface area contributed by atoms with Crippen LogP contribution in [0.15, 0.2) is 140 Å². The molecule has 0 atom stereocenters. The molecule has 5 nitrogen and oxygen atoms in total. The fraction of sp³-hybridized carbons (Fsp3) is 0.0500. The van der Waals surface area contributed by atoms with Gasteiger partial charge in [-0.05, 0) is 50.9 Å². The first-order valence-electron chi connectivity index (χ1n) is 15.0. The minimum atomic E-state index is 0.644. The van der Waals surface area contributed by atoms with Crippen LogP contribution in [0.25, 0.3) is 77.7 Å². The van der Waals surface area contributed by atoms with Gasteiger partial charge >= 0.3 is 0 Å². The van der Waals surface area contributed by atoms with Crippen molar-refractivity contribution in [3.05, 3.63) is 140 Å². The largest absolute Gasteiger partial charge is 0.490 e. The second kappa shape index (κ2) is 11.0. The lowest BCUT2D eigenvalue weighted by Gasteiger charge is -2.18. The average Bonchev–Trinajstić information content (AvgIpc) is 3.11. The van der Waals surface area contributed by atoms with E-state index in [4.69, 9.17) is 19.7 Å². The van der Waals surface area contributed by atoms with Crippen LogP contribution in [0.4, 0.5) is 0 Å². The van der Waals surface area contributed by atoms with E-state index in [-0.39, 0.29) is 0 Å². The Morgan fingerprint density at radius 3 is 1.47 bits per heavy atom. The van der Waals surface area contributed by atoms with E-state index in [1.165, 1.54) is 5.56 Å². The Morgan fingerprint density at radius 2 is 0.933 bits per heavy atom. The predicted molar refractivity (Wildman–Crippen MR) is 182 cm³/mol. The second-order valence-corrected chi connectivity index (χ2v) is 11.1. The van der Waals surface area contributed by atoms with Gasteiger partial charge in [-0.3, -0.25) is 0 Å². The molecule has 214 valence electrons. The zero-order valence-electron chi connectivity index (χ0n) is 25.0. The van der Waals surface area contributed by atoms with Gasteiger partial charge in [0, 0.05) is 22.8 Å². The number of ether oxygens (including phenoxy) is 1. The van der Waals surface area contributed by atoms with Gasteiger partial charge < -0.3 is 4.74 Å². The summed E-state index contributed by atoms with van der Waals surface area (Å²) < 4.78 is 7.93. The van der Waals surface area contributed by atoms with Crippen molar-refractivity contribution in [2.75, 3.05) is 7.11 Å². The maximum atomic E-state index is 5.80. The number of methoxy groups -OCH3 is 1. The Morgan fingerprint density at radius 1 is 0.467 bits per heavy atom. The van der Waals surface area contributed by atoms with Crippen LogP contribution in [0.2, 0.25) is 0 Å². The Balaban J connectivity index is 1.49. The van der Waals surface area contributed by atoms with Crippen molar-refractivity contribution in [1.82, 2.24) is 15.0 Å². The molecule has 6 aromatic carbocycles. The van der Waals surface area contributed by atoms with Crippen LogP contribution in [-0.2, 0) is 7.05 Å². The van der Waals surface area contributed by atoms with E-state index in [9.17, 15) is 0 Å². The third-order valence-electron chi connectivity index (χ3n) is 8.45. The van der Waals surface area contributed by atoms with Crippen molar-refractivity contribution in [1.29, 1.82) is 0 Å². The summed E-state index contributed by atoms with van der Waals surface area (Å²) in [4.78, 5) is 15.2. The third kappa shape index (κ3) is 4.48. The summed E-state index contributed by atoms with van der Waals surface area (Å²) in [5.74, 6) is 2.78. The summed E-state index contributed by atoms with van der Waals surface area (Å²) in [6, 6.07) is 45.9. The van der Waals surface area contributed by atoms with E-state index in [2.05, 4.69) is 90.6 Å². The Hall–Kier alpha value is -5.94. The molecule has 0 radical (unpaired) electrons. The van der Waals surface area contributed by atoms with Gasteiger partial charge in [0.2, 0.25) is 0 Å². The van der Waals surface area contributed by atoms with E-state index < -0.39 is 0 Å². The molecule has 0 aliphatic rings. The monoisotopic (exact) mass is 581 g/mol. The average molecular weight is 582 g/mol. The molecule has 8 rings (SSSR count). The molecule has 5 heteroatoms. The maximum Gasteiger partial charge on any atom is 0.255 e. The molecule has 0 amide bonds. The highest BCUT2D eigenvalue weighted by Crippen LogP contribution is 2.45. The van der Waals surface area contributed by atoms with Crippen molar-refractivity contribution < 1.29 is 9.30 Å². The van der Waals surface area contributed by atoms with E-state index >= 15 is 0 Å². The van der Waals surface area contributed by atoms with E-state index in [1.54, 1.807) is 7.11 Å². The molecular weight excluding hydrogens is 552 g/mol. The summed E-state index contributed by atoms with van der Waals surface area (Å²) in [5, 5.41) is 5.55. The molecule has 45 heavy (non-hydrogen) atoms. The van der Waals surface area contributed by atoms with Crippen molar-refractivity contribution in [3.8, 4) is 51.0 Å². The van der Waals surface area contributed by atoms with Crippen LogP contribution in [0.5, 0.6) is 5.75 Å². The molecule has 0 saturated heterocycles. The van der Waals surface area contributed by atoms with Gasteiger partial charge in [0.15, 0.2) is 29.4 Å². The van der Waals surface area contributed by atoms with Gasteiger partial charge in [0.25, 0.3) is 5.52 Å². The number of nitrogens with zero attached hydrogens (tertiary/aromatic N) is 4. The smallest absolute Gasteiger partial charge is 0.255 e. The SMILES string of the molecule is COc1ccc(-c2c3ccccc3c(-c3nc(-c4ccccc4)nc(-c4ccccc4)n3)c3ccccc23)c2ccc[n+](C)c12. The standard InChI is InChI=1S/C40H29N4O/c1-44-25-13-22-33-32(23-24-34(45-2)37(33)44)35-28-18-9-11-20-30(28)36(31-21-12-10-19-29(31)35)40-42-38(26-14-5-3-6-15-26)41-39(43-40)27-16-7-4-8-17-27/h3-25H,1-2H3/q+1. The summed E-state index contributed by atoms with van der Waals surface area (Å²) in [5.41, 5.74) is 6.25. The minimum absolute atomic E-state index is 0.644. The predicted octanol–water partition coefficient (Wildman–Crippen LogP) is 8.83. The van der Waals surface area contributed by atoms with Crippen LogP contribution < -0.4 is 9.30 Å². The Kier molecular flexibility index (Phi) is 6.50. The fourth-order valence-corrected chi connectivity index (χ4v) is 6.43. The summed E-state index contributed by atoms with van der Waals surface area (Å²) in [6.07, 6.45) is 2.06. The molecule has 0 aliphatic carbocycles. The Bertz CT molecular complexity index is 2260. The van der Waals surface area contributed by atoms with Gasteiger partial charge in [0.05, 0.1) is 12.5 Å². The number of hydrogen-bond acceptors (Lipinski definition) is 4. The summed E-state index contributed by atoms with van der Waals surface area (Å²) in [6.45, 7) is 0. The summed E-state index contributed by atoms with van der Waals surface area (Å²) >= 11 is 0. The molecule has 0 spiro atoms. The topological polar surface area (TPSA) is 51.8 Å². The third-order valence-corrected chi connectivity index (χ3v) is 8.45. The first kappa shape index (κ1) is 26.7. The minimum Gasteiger partial charge on any atom is -0.490 e. The van der Waals surface area contributed by atoms with Gasteiger partial charge in [-0.1, -0.05) is 109 Å². The normalized spacial score (nSPS) is 11.3. The number of hydrogen-bond donors (Lipinski definition) is 0. The number of aromatic nitrogens is 4. The van der Waals surface area contributed by atoms with Crippen LogP contribution in [-0.4, -0.2) is 22.1 Å². The van der Waals surface area contributed by atoms with Crippen LogP contribution in [0.3, 0.4) is 0 Å². The lowest BCUT2D eigenvalue weighted by atomic mass is 9.86. The molecule has 0 fully saturated rings. The molecular formula is C40H29N4O+. The molecule has 0 aliphatic heterocycles. The molecule has 0 N–H and O–H groups in total. The zero-order valence-corrected chi connectivity index (χ0v) is 25.0. The Labute approximate surface area is 261 Å². The highest BCUT2D eigenvalue weighted by Gasteiger charge is 2.23.